The van der Waals surface area contributed by atoms with Crippen LogP contribution in [-0.2, 0) is 4.79 Å². The molecule has 0 spiro atoms. The molecule has 1 rings (SSSR count). The first-order chi connectivity index (χ1) is 10.0. The minimum absolute atomic E-state index is 0.0337. The molecule has 0 aliphatic rings. The zero-order valence-electron chi connectivity index (χ0n) is 13.0. The highest BCUT2D eigenvalue weighted by Crippen LogP contribution is 2.11. The molecule has 0 saturated carbocycles. The first-order valence-electron chi connectivity index (χ1n) is 7.44. The van der Waals surface area contributed by atoms with Gasteiger partial charge in [0.2, 0.25) is 5.91 Å². The number of amides is 2. The zero-order valence-corrected chi connectivity index (χ0v) is 13.0. The average Bonchev–Trinajstić information content (AvgIpc) is 2.44. The van der Waals surface area contributed by atoms with Crippen LogP contribution in [0.25, 0.3) is 0 Å². The van der Waals surface area contributed by atoms with E-state index in [0.717, 1.165) is 13.0 Å². The van der Waals surface area contributed by atoms with Crippen LogP contribution in [0.2, 0.25) is 0 Å². The topological polar surface area (TPSA) is 70.2 Å². The van der Waals surface area contributed by atoms with E-state index in [9.17, 15) is 9.59 Å². The van der Waals surface area contributed by atoms with E-state index in [1.807, 2.05) is 6.92 Å². The maximum Gasteiger partial charge on any atom is 0.251 e. The summed E-state index contributed by atoms with van der Waals surface area (Å²) in [5.74, 6) is -0.164. The van der Waals surface area contributed by atoms with Gasteiger partial charge in [-0.3, -0.25) is 9.59 Å². The molecule has 5 nitrogen and oxygen atoms in total. The van der Waals surface area contributed by atoms with E-state index < -0.39 is 0 Å². The van der Waals surface area contributed by atoms with Gasteiger partial charge in [0.15, 0.2) is 0 Å². The van der Waals surface area contributed by atoms with E-state index in [0.29, 0.717) is 30.3 Å². The van der Waals surface area contributed by atoms with Crippen molar-refractivity contribution < 1.29 is 9.59 Å². The molecule has 1 aromatic carbocycles. The summed E-state index contributed by atoms with van der Waals surface area (Å²) in [6.45, 7) is 7.43. The number of hydrogen-bond acceptors (Lipinski definition) is 3. The molecular formula is C16H25N3O2. The van der Waals surface area contributed by atoms with Crippen LogP contribution in [-0.4, -0.2) is 30.9 Å². The average molecular weight is 291 g/mol. The largest absolute Gasteiger partial charge is 0.352 e. The lowest BCUT2D eigenvalue weighted by atomic mass is 10.2. The number of hydrogen-bond donors (Lipinski definition) is 3. The summed E-state index contributed by atoms with van der Waals surface area (Å²) in [5, 5.41) is 8.83. The van der Waals surface area contributed by atoms with Crippen LogP contribution in [0.5, 0.6) is 0 Å². The Kier molecular flexibility index (Phi) is 7.46. The van der Waals surface area contributed by atoms with Crippen LogP contribution in [0.4, 0.5) is 5.69 Å². The Morgan fingerprint density at radius 1 is 1.24 bits per heavy atom. The molecule has 0 aliphatic carbocycles. The SMILES string of the molecule is CCNC(=O)c1cccc(NC(=O)CCCNC(C)C)c1. The smallest absolute Gasteiger partial charge is 0.251 e. The Labute approximate surface area is 126 Å². The standard InChI is InChI=1S/C16H25N3O2/c1-4-17-16(21)13-7-5-8-14(11-13)19-15(20)9-6-10-18-12(2)3/h5,7-8,11-12,18H,4,6,9-10H2,1-3H3,(H,17,21)(H,19,20). The molecule has 0 saturated heterocycles. The van der Waals surface area contributed by atoms with Crippen LogP contribution < -0.4 is 16.0 Å². The van der Waals surface area contributed by atoms with E-state index in [1.54, 1.807) is 24.3 Å². The van der Waals surface area contributed by atoms with E-state index in [-0.39, 0.29) is 11.8 Å². The molecule has 116 valence electrons. The number of nitrogens with one attached hydrogen (secondary N) is 3. The predicted octanol–water partition coefficient (Wildman–Crippen LogP) is 2.15. The highest BCUT2D eigenvalue weighted by molar-refractivity contribution is 5.97. The first kappa shape index (κ1) is 17.2. The van der Waals surface area contributed by atoms with Crippen molar-refractivity contribution in [2.75, 3.05) is 18.4 Å². The van der Waals surface area contributed by atoms with Gasteiger partial charge in [-0.15, -0.1) is 0 Å². The number of benzene rings is 1. The molecule has 0 radical (unpaired) electrons. The van der Waals surface area contributed by atoms with Gasteiger partial charge in [0.05, 0.1) is 0 Å². The number of carbonyl (C=O) groups excluding carboxylic acids is 2. The lowest BCUT2D eigenvalue weighted by Crippen LogP contribution is -2.25. The Bertz CT molecular complexity index is 472. The summed E-state index contributed by atoms with van der Waals surface area (Å²) < 4.78 is 0. The Morgan fingerprint density at radius 3 is 2.67 bits per heavy atom. The third-order valence-corrected chi connectivity index (χ3v) is 2.88. The molecule has 0 bridgehead atoms. The molecule has 21 heavy (non-hydrogen) atoms. The van der Waals surface area contributed by atoms with Gasteiger partial charge in [0.25, 0.3) is 5.91 Å². The lowest BCUT2D eigenvalue weighted by Gasteiger charge is -2.09. The van der Waals surface area contributed by atoms with E-state index >= 15 is 0 Å². The molecule has 3 N–H and O–H groups in total. The van der Waals surface area contributed by atoms with Gasteiger partial charge in [-0.2, -0.15) is 0 Å². The minimum atomic E-state index is -0.130. The predicted molar refractivity (Wildman–Crippen MR) is 85.5 cm³/mol. The maximum absolute atomic E-state index is 11.8. The van der Waals surface area contributed by atoms with Gasteiger partial charge in [-0.25, -0.2) is 0 Å². The molecule has 0 aromatic heterocycles. The van der Waals surface area contributed by atoms with Gasteiger partial charge in [0, 0.05) is 30.3 Å². The Morgan fingerprint density at radius 2 is 2.00 bits per heavy atom. The number of rotatable bonds is 8. The lowest BCUT2D eigenvalue weighted by molar-refractivity contribution is -0.116. The third kappa shape index (κ3) is 6.90. The van der Waals surface area contributed by atoms with Gasteiger partial charge in [0.1, 0.15) is 0 Å². The van der Waals surface area contributed by atoms with Crippen molar-refractivity contribution in [1.29, 1.82) is 0 Å². The Hall–Kier alpha value is -1.88. The second kappa shape index (κ2) is 9.13. The highest BCUT2D eigenvalue weighted by Gasteiger charge is 2.07. The normalized spacial score (nSPS) is 10.5. The summed E-state index contributed by atoms with van der Waals surface area (Å²) >= 11 is 0. The quantitative estimate of drug-likeness (QED) is 0.643. The fourth-order valence-electron chi connectivity index (χ4n) is 1.86. The van der Waals surface area contributed by atoms with Crippen molar-refractivity contribution in [3.8, 4) is 0 Å². The molecule has 0 fully saturated rings. The molecule has 0 unspecified atom stereocenters. The summed E-state index contributed by atoms with van der Waals surface area (Å²) in [5.41, 5.74) is 1.21. The molecule has 2 amide bonds. The fraction of sp³-hybridized carbons (Fsp3) is 0.500. The molecular weight excluding hydrogens is 266 g/mol. The van der Waals surface area contributed by atoms with Gasteiger partial charge < -0.3 is 16.0 Å². The summed E-state index contributed by atoms with van der Waals surface area (Å²) in [7, 11) is 0. The summed E-state index contributed by atoms with van der Waals surface area (Å²) in [6, 6.07) is 7.40. The van der Waals surface area contributed by atoms with E-state index in [2.05, 4.69) is 29.8 Å². The van der Waals surface area contributed by atoms with Crippen molar-refractivity contribution in [2.24, 2.45) is 0 Å². The molecule has 0 atom stereocenters. The first-order valence-corrected chi connectivity index (χ1v) is 7.44. The monoisotopic (exact) mass is 291 g/mol. The molecule has 1 aromatic rings. The maximum atomic E-state index is 11.8. The molecule has 0 heterocycles. The van der Waals surface area contributed by atoms with Crippen LogP contribution in [0.15, 0.2) is 24.3 Å². The van der Waals surface area contributed by atoms with Gasteiger partial charge >= 0.3 is 0 Å². The minimum Gasteiger partial charge on any atom is -0.352 e. The second-order valence-corrected chi connectivity index (χ2v) is 5.20. The van der Waals surface area contributed by atoms with Crippen molar-refractivity contribution in [1.82, 2.24) is 10.6 Å². The van der Waals surface area contributed by atoms with Crippen molar-refractivity contribution in [2.45, 2.75) is 39.7 Å². The zero-order chi connectivity index (χ0) is 15.7. The number of carbonyl (C=O) groups is 2. The molecule has 5 heteroatoms. The van der Waals surface area contributed by atoms with Crippen LogP contribution in [0.3, 0.4) is 0 Å². The highest BCUT2D eigenvalue weighted by atomic mass is 16.2. The second-order valence-electron chi connectivity index (χ2n) is 5.20. The van der Waals surface area contributed by atoms with E-state index in [4.69, 9.17) is 0 Å². The summed E-state index contributed by atoms with van der Waals surface area (Å²) in [4.78, 5) is 23.5. The van der Waals surface area contributed by atoms with Gasteiger partial charge in [-0.05, 0) is 38.1 Å². The third-order valence-electron chi connectivity index (χ3n) is 2.88. The summed E-state index contributed by atoms with van der Waals surface area (Å²) in [6.07, 6.45) is 1.26. The van der Waals surface area contributed by atoms with Crippen LogP contribution >= 0.6 is 0 Å². The Balaban J connectivity index is 2.45. The van der Waals surface area contributed by atoms with Crippen molar-refractivity contribution in [3.63, 3.8) is 0 Å². The molecule has 0 aliphatic heterocycles. The fourth-order valence-corrected chi connectivity index (χ4v) is 1.86. The van der Waals surface area contributed by atoms with Gasteiger partial charge in [-0.1, -0.05) is 19.9 Å². The van der Waals surface area contributed by atoms with Crippen LogP contribution in [0.1, 0.15) is 44.0 Å². The van der Waals surface area contributed by atoms with E-state index in [1.165, 1.54) is 0 Å². The van der Waals surface area contributed by atoms with Crippen molar-refractivity contribution >= 4 is 17.5 Å². The van der Waals surface area contributed by atoms with Crippen molar-refractivity contribution in [3.05, 3.63) is 29.8 Å². The van der Waals surface area contributed by atoms with Crippen LogP contribution in [0, 0.1) is 0 Å². The number of anilines is 1.